The van der Waals surface area contributed by atoms with Crippen molar-refractivity contribution in [2.45, 2.75) is 204 Å². The molecule has 0 saturated carbocycles. The molecule has 2 aromatic carbocycles. The van der Waals surface area contributed by atoms with Crippen molar-refractivity contribution in [1.82, 2.24) is 5.32 Å². The molecule has 0 aliphatic rings. The number of ether oxygens (including phenoxy) is 4. The lowest BCUT2D eigenvalue weighted by molar-refractivity contribution is -0.278. The number of rotatable bonds is 38. The molecule has 0 aromatic heterocycles. The van der Waals surface area contributed by atoms with Crippen LogP contribution in [0.3, 0.4) is 0 Å². The summed E-state index contributed by atoms with van der Waals surface area (Å²) in [6.45, 7) is 7.42. The maximum atomic E-state index is 15.1. The number of allylic oxidation sites excluding steroid dienone is 1. The molecule has 0 saturated heterocycles. The summed E-state index contributed by atoms with van der Waals surface area (Å²) >= 11 is 0. The molecule has 2 aromatic rings. The van der Waals surface area contributed by atoms with Gasteiger partial charge in [-0.15, -0.1) is 0 Å². The summed E-state index contributed by atoms with van der Waals surface area (Å²) in [7, 11) is -4.09. The van der Waals surface area contributed by atoms with Crippen molar-refractivity contribution >= 4 is 28.2 Å². The third-order valence-electron chi connectivity index (χ3n) is 12.7. The van der Waals surface area contributed by atoms with Gasteiger partial charge in [-0.05, 0) is 43.6 Å². The van der Waals surface area contributed by atoms with E-state index in [9.17, 15) is 27.4 Å². The van der Waals surface area contributed by atoms with E-state index < -0.39 is 87.8 Å². The van der Waals surface area contributed by atoms with Crippen molar-refractivity contribution < 1.29 is 76.8 Å². The Balaban J connectivity index is 2.55. The van der Waals surface area contributed by atoms with Crippen LogP contribution in [0.15, 0.2) is 72.8 Å². The van der Waals surface area contributed by atoms with E-state index in [0.717, 1.165) is 107 Å². The van der Waals surface area contributed by atoms with E-state index in [1.54, 1.807) is 0 Å². The first-order valence-electron chi connectivity index (χ1n) is 25.8. The number of unbranched alkanes of at least 4 members (excludes halogenated alkanes) is 16. The van der Waals surface area contributed by atoms with E-state index in [0.29, 0.717) is 45.3 Å². The molecule has 0 unspecified atom stereocenters. The quantitative estimate of drug-likeness (QED) is 0.0216. The first-order chi connectivity index (χ1) is 34.5. The number of alkyl halides is 6. The number of amides is 1. The largest absolute Gasteiger partial charge is 0.453 e. The van der Waals surface area contributed by atoms with E-state index in [1.165, 1.54) is 61.7 Å². The lowest BCUT2D eigenvalue weighted by Crippen LogP contribution is -2.57. The summed E-state index contributed by atoms with van der Waals surface area (Å²) in [6, 6.07) is 9.64. The zero-order valence-electron chi connectivity index (χ0n) is 43.6. The summed E-state index contributed by atoms with van der Waals surface area (Å²) in [6.07, 6.45) is 4.79. The van der Waals surface area contributed by atoms with Crippen LogP contribution in [0.4, 0.5) is 26.3 Å². The number of benzene rings is 2. The Morgan fingerprint density at radius 3 is 1.32 bits per heavy atom. The average Bonchev–Trinajstić information content (AvgIpc) is 3.31. The lowest BCUT2D eigenvalue weighted by atomic mass is 9.92. The highest BCUT2D eigenvalue weighted by molar-refractivity contribution is 7.80. The molecule has 2 rings (SSSR count). The van der Waals surface area contributed by atoms with Crippen molar-refractivity contribution in [3.63, 3.8) is 0 Å². The van der Waals surface area contributed by atoms with Gasteiger partial charge in [0.2, 0.25) is 0 Å². The number of hydrogen-bond donors (Lipinski definition) is 2. The van der Waals surface area contributed by atoms with Crippen LogP contribution in [0, 0.1) is 11.8 Å². The molecule has 0 spiro atoms. The number of nitrogens with one attached hydrogen (secondary N) is 1. The number of carbonyl (C=O) groups is 3. The molecule has 0 aliphatic carbocycles. The molecule has 12 nitrogen and oxygen atoms in total. The third-order valence-corrected chi connectivity index (χ3v) is 13.2. The van der Waals surface area contributed by atoms with Crippen molar-refractivity contribution in [2.75, 3.05) is 20.8 Å². The Bertz CT molecular complexity index is 2000. The summed E-state index contributed by atoms with van der Waals surface area (Å²) < 4.78 is 149. The zero-order valence-corrected chi connectivity index (χ0v) is 44.4. The zero-order chi connectivity index (χ0) is 54.6. The maximum absolute atomic E-state index is 15.1. The molecular formula is C54H81F6NO11S. The summed E-state index contributed by atoms with van der Waals surface area (Å²) in [5, 5.41) is 2.29. The van der Waals surface area contributed by atoms with Crippen molar-refractivity contribution in [1.29, 1.82) is 0 Å². The highest BCUT2D eigenvalue weighted by atomic mass is 32.3. The molecule has 0 bridgehead atoms. The minimum Gasteiger partial charge on any atom is -0.453 e. The monoisotopic (exact) mass is 1070 g/mol. The van der Waals surface area contributed by atoms with Gasteiger partial charge in [0, 0.05) is 25.3 Å². The van der Waals surface area contributed by atoms with Gasteiger partial charge in [-0.1, -0.05) is 204 Å². The van der Waals surface area contributed by atoms with E-state index in [4.69, 9.17) is 18.9 Å². The Morgan fingerprint density at radius 2 is 0.945 bits per heavy atom. The second kappa shape index (κ2) is 33.1. The maximum Gasteiger partial charge on any atom is 0.432 e. The minimum absolute atomic E-state index is 0.137. The fraction of sp³-hybridized carbons (Fsp3) is 0.685. The summed E-state index contributed by atoms with van der Waals surface area (Å²) in [5.74, 6) is -4.15. The van der Waals surface area contributed by atoms with Crippen LogP contribution in [0.1, 0.15) is 174 Å². The Kier molecular flexibility index (Phi) is 29.5. The van der Waals surface area contributed by atoms with Gasteiger partial charge in [0.15, 0.2) is 6.10 Å². The van der Waals surface area contributed by atoms with Gasteiger partial charge in [0.1, 0.15) is 6.10 Å². The Morgan fingerprint density at radius 1 is 0.575 bits per heavy atom. The molecule has 0 aliphatic heterocycles. The SMILES string of the molecule is CO[C@](C(=O)O[C@H](CCCCCCCCCCC(C)C)C(=O)N[C@@H](COS(=O)(=O)O)[C@@H](/C=C/CCCCCCCCCCCC(C)C)OC(=O)[C@@](OC)(c1ccccc1)C(F)(F)F)(c1ccccc1)C(F)(F)F. The normalized spacial score (nSPS) is 15.4. The van der Waals surface area contributed by atoms with Gasteiger partial charge >= 0.3 is 34.7 Å². The van der Waals surface area contributed by atoms with Gasteiger partial charge in [0.25, 0.3) is 17.1 Å². The van der Waals surface area contributed by atoms with Crippen LogP contribution in [-0.4, -0.2) is 82.2 Å². The van der Waals surface area contributed by atoms with E-state index >= 15 is 26.3 Å². The lowest BCUT2D eigenvalue weighted by Gasteiger charge is -2.35. The first kappa shape index (κ1) is 65.1. The van der Waals surface area contributed by atoms with Crippen molar-refractivity contribution in [3.05, 3.63) is 83.9 Å². The molecular weight excluding hydrogens is 985 g/mol. The Hall–Kier alpha value is -4.04. The first-order valence-corrected chi connectivity index (χ1v) is 27.2. The predicted molar refractivity (Wildman–Crippen MR) is 267 cm³/mol. The summed E-state index contributed by atoms with van der Waals surface area (Å²) in [5.41, 5.74) is -8.86. The smallest absolute Gasteiger partial charge is 0.432 e. The van der Waals surface area contributed by atoms with E-state index in [-0.39, 0.29) is 19.3 Å². The number of carbonyl (C=O) groups excluding carboxylic acids is 3. The molecule has 0 heterocycles. The van der Waals surface area contributed by atoms with Crippen LogP contribution in [0.25, 0.3) is 0 Å². The average molecular weight is 1070 g/mol. The number of halogens is 6. The highest BCUT2D eigenvalue weighted by Crippen LogP contribution is 2.45. The van der Waals surface area contributed by atoms with Crippen LogP contribution < -0.4 is 5.32 Å². The van der Waals surface area contributed by atoms with Crippen LogP contribution >= 0.6 is 0 Å². The van der Waals surface area contributed by atoms with Gasteiger partial charge in [-0.2, -0.15) is 34.8 Å². The molecule has 416 valence electrons. The number of esters is 2. The molecule has 19 heteroatoms. The van der Waals surface area contributed by atoms with Crippen LogP contribution in [0.5, 0.6) is 0 Å². The fourth-order valence-electron chi connectivity index (χ4n) is 8.57. The van der Waals surface area contributed by atoms with Gasteiger partial charge < -0.3 is 24.3 Å². The third kappa shape index (κ3) is 22.4. The predicted octanol–water partition coefficient (Wildman–Crippen LogP) is 13.4. The van der Waals surface area contributed by atoms with Gasteiger partial charge in [-0.3, -0.25) is 9.35 Å². The second-order valence-corrected chi connectivity index (χ2v) is 20.6. The van der Waals surface area contributed by atoms with Crippen molar-refractivity contribution in [2.24, 2.45) is 11.8 Å². The topological polar surface area (TPSA) is 164 Å². The summed E-state index contributed by atoms with van der Waals surface area (Å²) in [4.78, 5) is 42.4. The molecule has 0 fully saturated rings. The second-order valence-electron chi connectivity index (χ2n) is 19.5. The van der Waals surface area contributed by atoms with Crippen molar-refractivity contribution in [3.8, 4) is 0 Å². The molecule has 73 heavy (non-hydrogen) atoms. The number of methoxy groups -OCH3 is 2. The molecule has 2 N–H and O–H groups in total. The van der Waals surface area contributed by atoms with E-state index in [1.807, 2.05) is 0 Å². The molecule has 5 atom stereocenters. The fourth-order valence-corrected chi connectivity index (χ4v) is 8.89. The number of hydrogen-bond acceptors (Lipinski definition) is 10. The van der Waals surface area contributed by atoms with Crippen LogP contribution in [-0.2, 0) is 59.1 Å². The molecule has 0 radical (unpaired) electrons. The minimum atomic E-state index is -5.47. The van der Waals surface area contributed by atoms with Gasteiger partial charge in [-0.25, -0.2) is 13.8 Å². The molecule has 1 amide bonds. The highest BCUT2D eigenvalue weighted by Gasteiger charge is 2.65. The Labute approximate surface area is 430 Å². The van der Waals surface area contributed by atoms with Gasteiger partial charge in [0.05, 0.1) is 12.6 Å². The van der Waals surface area contributed by atoms with E-state index in [2.05, 4.69) is 37.2 Å². The standard InChI is InChI=1S/C54H81F6NO11S/c1-41(2)32-24-18-14-10-8-7-9-11-16-20-30-38-46(71-49(63)51(68-5,53(55,56)57)43-34-26-22-27-35-43)45(40-70-73(65,66)67)61-48(62)47(39-31-21-17-13-12-15-19-25-33-42(3)4)72-50(64)52(69-6,54(58,59)60)44-36-28-23-29-37-44/h22-23,26-30,34-38,41-42,45-47H,7-21,24-25,31-33,39-40H2,1-6H3,(H,61,62)(H,65,66,67)/b38-30+/t45-,46+,47+,51-,52-/m0/s1. The van der Waals surface area contributed by atoms with Crippen LogP contribution in [0.2, 0.25) is 0 Å².